The monoisotopic (exact) mass is 530 g/mol. The number of rotatable bonds is 6. The highest BCUT2D eigenvalue weighted by Gasteiger charge is 2.46. The topological polar surface area (TPSA) is 74.8 Å². The normalized spacial score (nSPS) is 17.4. The van der Waals surface area contributed by atoms with E-state index in [0.717, 1.165) is 12.8 Å². The van der Waals surface area contributed by atoms with Crippen LogP contribution in [0.2, 0.25) is 5.02 Å². The second-order valence-corrected chi connectivity index (χ2v) is 9.65. The van der Waals surface area contributed by atoms with Gasteiger partial charge in [-0.1, -0.05) is 17.7 Å². The fourth-order valence-corrected chi connectivity index (χ4v) is 5.00. The molecule has 0 saturated carbocycles. The zero-order valence-electron chi connectivity index (χ0n) is 14.6. The molecule has 1 atom stereocenters. The van der Waals surface area contributed by atoms with Gasteiger partial charge in [-0.2, -0.15) is 4.31 Å². The predicted octanol–water partition coefficient (Wildman–Crippen LogP) is 3.45. The van der Waals surface area contributed by atoms with Gasteiger partial charge in [0.25, 0.3) is 5.91 Å². The lowest BCUT2D eigenvalue weighted by Crippen LogP contribution is -2.45. The van der Waals surface area contributed by atoms with Crippen LogP contribution in [0.25, 0.3) is 0 Å². The number of amides is 2. The van der Waals surface area contributed by atoms with Crippen molar-refractivity contribution in [3.63, 3.8) is 0 Å². The maximum Gasteiger partial charge on any atom is 0.252 e. The third-order valence-electron chi connectivity index (χ3n) is 4.28. The first-order chi connectivity index (χ1) is 13.3. The Hall–Kier alpha value is -1.75. The molecule has 2 aromatic rings. The fraction of sp³-hybridized carbons (Fsp3) is 0.158. The van der Waals surface area contributed by atoms with E-state index in [1.54, 1.807) is 24.3 Å². The molecule has 1 aliphatic heterocycles. The van der Waals surface area contributed by atoms with Gasteiger partial charge in [0.15, 0.2) is 0 Å². The highest BCUT2D eigenvalue weighted by atomic mass is 127. The van der Waals surface area contributed by atoms with E-state index in [1.165, 1.54) is 30.3 Å². The molecule has 6 nitrogen and oxygen atoms in total. The zero-order chi connectivity index (χ0) is 20.5. The number of carbonyl (C=O) groups excluding carboxylic acids is 2. The maximum absolute atomic E-state index is 13.1. The Morgan fingerprint density at radius 2 is 1.75 bits per heavy atom. The van der Waals surface area contributed by atoms with Crippen LogP contribution in [-0.2, 0) is 19.6 Å². The number of hydrogen-bond donors (Lipinski definition) is 0. The summed E-state index contributed by atoms with van der Waals surface area (Å²) in [6.45, 7) is 3.48. The van der Waals surface area contributed by atoms with E-state index in [9.17, 15) is 18.0 Å². The van der Waals surface area contributed by atoms with Gasteiger partial charge in [-0.15, -0.1) is 6.58 Å². The lowest BCUT2D eigenvalue weighted by Gasteiger charge is -2.25. The van der Waals surface area contributed by atoms with Crippen LogP contribution in [0.5, 0.6) is 0 Å². The van der Waals surface area contributed by atoms with Gasteiger partial charge >= 0.3 is 0 Å². The highest BCUT2D eigenvalue weighted by Crippen LogP contribution is 2.30. The third-order valence-corrected chi connectivity index (χ3v) is 7.14. The van der Waals surface area contributed by atoms with Crippen molar-refractivity contribution < 1.29 is 18.0 Å². The van der Waals surface area contributed by atoms with E-state index in [-0.39, 0.29) is 17.9 Å². The molecule has 0 bridgehead atoms. The van der Waals surface area contributed by atoms with Gasteiger partial charge < -0.3 is 0 Å². The van der Waals surface area contributed by atoms with Gasteiger partial charge in [0.1, 0.15) is 6.04 Å². The minimum atomic E-state index is -4.03. The lowest BCUT2D eigenvalue weighted by molar-refractivity contribution is -0.122. The van der Waals surface area contributed by atoms with Crippen LogP contribution >= 0.6 is 34.2 Å². The summed E-state index contributed by atoms with van der Waals surface area (Å²) in [7, 11) is -4.03. The molecule has 2 amide bonds. The quantitative estimate of drug-likeness (QED) is 0.326. The number of hydrogen-bond acceptors (Lipinski definition) is 4. The first-order valence-corrected chi connectivity index (χ1v) is 11.2. The summed E-state index contributed by atoms with van der Waals surface area (Å²) in [6.07, 6.45) is 1.16. The van der Waals surface area contributed by atoms with Gasteiger partial charge in [-0.05, 0) is 71.1 Å². The van der Waals surface area contributed by atoms with E-state index in [0.29, 0.717) is 10.7 Å². The summed E-state index contributed by atoms with van der Waals surface area (Å²) in [5.74, 6) is -1.03. The third kappa shape index (κ3) is 4.00. The first kappa shape index (κ1) is 21.0. The van der Waals surface area contributed by atoms with Crippen LogP contribution in [0, 0.1) is 3.57 Å². The molecule has 1 heterocycles. The zero-order valence-corrected chi connectivity index (χ0v) is 18.3. The SMILES string of the molecule is C=CCN(C1CC(=O)N(c2ccc(I)cc2)C1=O)S(=O)(=O)c1ccc(Cl)cc1. The molecular formula is C19H16ClIN2O4S. The number of halogens is 2. The van der Waals surface area contributed by atoms with Gasteiger partial charge in [0.2, 0.25) is 15.9 Å². The largest absolute Gasteiger partial charge is 0.274 e. The van der Waals surface area contributed by atoms with Crippen molar-refractivity contribution in [2.45, 2.75) is 17.4 Å². The summed E-state index contributed by atoms with van der Waals surface area (Å²) in [5.41, 5.74) is 0.417. The molecular weight excluding hydrogens is 515 g/mol. The Kier molecular flexibility index (Phi) is 6.23. The molecule has 146 valence electrons. The summed E-state index contributed by atoms with van der Waals surface area (Å²) < 4.78 is 28.2. The number of benzene rings is 2. The minimum absolute atomic E-state index is 0.00767. The Bertz CT molecular complexity index is 1020. The summed E-state index contributed by atoms with van der Waals surface area (Å²) in [5, 5.41) is 0.395. The number of carbonyl (C=O) groups is 2. The van der Waals surface area contributed by atoms with Gasteiger partial charge in [0.05, 0.1) is 17.0 Å². The van der Waals surface area contributed by atoms with Gasteiger partial charge in [0, 0.05) is 15.1 Å². The molecule has 2 aromatic carbocycles. The number of imide groups is 1. The van der Waals surface area contributed by atoms with Crippen molar-refractivity contribution in [3.8, 4) is 0 Å². The number of nitrogens with zero attached hydrogens (tertiary/aromatic N) is 2. The van der Waals surface area contributed by atoms with Crippen molar-refractivity contribution in [1.29, 1.82) is 0 Å². The fourth-order valence-electron chi connectivity index (χ4n) is 2.96. The smallest absolute Gasteiger partial charge is 0.252 e. The molecule has 1 fully saturated rings. The van der Waals surface area contributed by atoms with Gasteiger partial charge in [-0.25, -0.2) is 13.3 Å². The van der Waals surface area contributed by atoms with Crippen LogP contribution in [-0.4, -0.2) is 37.1 Å². The van der Waals surface area contributed by atoms with Crippen LogP contribution in [0.3, 0.4) is 0 Å². The van der Waals surface area contributed by atoms with Crippen LogP contribution in [0.4, 0.5) is 5.69 Å². The second-order valence-electron chi connectivity index (χ2n) is 6.08. The Morgan fingerprint density at radius 3 is 2.32 bits per heavy atom. The van der Waals surface area contributed by atoms with Crippen LogP contribution < -0.4 is 4.90 Å². The summed E-state index contributed by atoms with van der Waals surface area (Å²) in [6, 6.07) is 11.4. The number of sulfonamides is 1. The minimum Gasteiger partial charge on any atom is -0.274 e. The standard InChI is InChI=1S/C19H16ClIN2O4S/c1-2-11-22(28(26,27)16-9-3-13(20)4-10-16)17-12-18(24)23(19(17)25)15-7-5-14(21)6-8-15/h2-10,17H,1,11-12H2. The molecule has 0 aromatic heterocycles. The van der Waals surface area contributed by atoms with E-state index in [4.69, 9.17) is 11.6 Å². The number of anilines is 1. The van der Waals surface area contributed by atoms with Crippen molar-refractivity contribution in [1.82, 2.24) is 4.31 Å². The molecule has 9 heteroatoms. The molecule has 0 radical (unpaired) electrons. The van der Waals surface area contributed by atoms with Crippen LogP contribution in [0.15, 0.2) is 66.1 Å². The first-order valence-electron chi connectivity index (χ1n) is 8.26. The maximum atomic E-state index is 13.1. The Morgan fingerprint density at radius 1 is 1.14 bits per heavy atom. The van der Waals surface area contributed by atoms with Gasteiger partial charge in [-0.3, -0.25) is 9.59 Å². The molecule has 0 aliphatic carbocycles. The van der Waals surface area contributed by atoms with Crippen molar-refractivity contribution in [2.24, 2.45) is 0 Å². The van der Waals surface area contributed by atoms with E-state index in [1.807, 2.05) is 0 Å². The molecule has 3 rings (SSSR count). The molecule has 1 aliphatic rings. The Balaban J connectivity index is 1.97. The highest BCUT2D eigenvalue weighted by molar-refractivity contribution is 14.1. The van der Waals surface area contributed by atoms with Crippen molar-refractivity contribution >= 4 is 61.7 Å². The summed E-state index contributed by atoms with van der Waals surface area (Å²) >= 11 is 7.96. The average molecular weight is 531 g/mol. The lowest BCUT2D eigenvalue weighted by atomic mass is 10.2. The molecule has 0 N–H and O–H groups in total. The molecule has 28 heavy (non-hydrogen) atoms. The molecule has 0 spiro atoms. The Labute approximate surface area is 182 Å². The summed E-state index contributed by atoms with van der Waals surface area (Å²) in [4.78, 5) is 26.6. The average Bonchev–Trinajstić information content (AvgIpc) is 2.95. The van der Waals surface area contributed by atoms with Crippen LogP contribution in [0.1, 0.15) is 6.42 Å². The second kappa shape index (κ2) is 8.32. The molecule has 1 saturated heterocycles. The van der Waals surface area contributed by atoms with Crippen molar-refractivity contribution in [3.05, 3.63) is 69.8 Å². The van der Waals surface area contributed by atoms with E-state index >= 15 is 0 Å². The predicted molar refractivity (Wildman–Crippen MR) is 116 cm³/mol. The molecule has 1 unspecified atom stereocenters. The van der Waals surface area contributed by atoms with Crippen molar-refractivity contribution in [2.75, 3.05) is 11.4 Å². The van der Waals surface area contributed by atoms with E-state index < -0.39 is 27.9 Å². The van der Waals surface area contributed by atoms with E-state index in [2.05, 4.69) is 29.2 Å².